The molecule has 2 rings (SSSR count). The zero-order chi connectivity index (χ0) is 14.2. The van der Waals surface area contributed by atoms with Crippen LogP contribution in [0, 0.1) is 13.8 Å². The third-order valence-electron chi connectivity index (χ3n) is 2.60. The smallest absolute Gasteiger partial charge is 0.271 e. The van der Waals surface area contributed by atoms with Gasteiger partial charge in [0, 0.05) is 5.69 Å². The number of nitrogen functional groups attached to an aromatic ring is 1. The number of halogens is 1. The molecule has 4 nitrogen and oxygen atoms in total. The molecule has 0 bridgehead atoms. The second-order valence-corrected chi connectivity index (χ2v) is 8.57. The Morgan fingerprint density at radius 3 is 2.26 bits per heavy atom. The molecule has 0 aliphatic rings. The van der Waals surface area contributed by atoms with Crippen molar-refractivity contribution in [3.8, 4) is 0 Å². The molecule has 0 aliphatic heterocycles. The van der Waals surface area contributed by atoms with Crippen LogP contribution in [0.15, 0.2) is 32.3 Å². The van der Waals surface area contributed by atoms with Crippen LogP contribution in [-0.4, -0.2) is 8.42 Å². The summed E-state index contributed by atoms with van der Waals surface area (Å²) < 4.78 is 28.2. The topological polar surface area (TPSA) is 72.2 Å². The van der Waals surface area contributed by atoms with Crippen LogP contribution in [-0.2, 0) is 10.0 Å². The van der Waals surface area contributed by atoms with E-state index in [0.717, 1.165) is 14.9 Å². The molecule has 0 saturated heterocycles. The van der Waals surface area contributed by atoms with Crippen molar-refractivity contribution in [2.45, 2.75) is 18.1 Å². The summed E-state index contributed by atoms with van der Waals surface area (Å²) in [5.74, 6) is 0. The van der Waals surface area contributed by atoms with E-state index in [0.29, 0.717) is 11.4 Å². The van der Waals surface area contributed by atoms with Gasteiger partial charge in [-0.05, 0) is 65.2 Å². The predicted molar refractivity (Wildman–Crippen MR) is 83.2 cm³/mol. The van der Waals surface area contributed by atoms with E-state index < -0.39 is 10.0 Å². The number of nitrogens with two attached hydrogens (primary N) is 1. The molecular weight excluding hydrogens is 348 g/mol. The predicted octanol–water partition coefficient (Wildman–Crippen LogP) is 3.51. The van der Waals surface area contributed by atoms with Crippen molar-refractivity contribution < 1.29 is 8.42 Å². The third kappa shape index (κ3) is 3.10. The quantitative estimate of drug-likeness (QED) is 0.822. The van der Waals surface area contributed by atoms with Crippen LogP contribution in [0.1, 0.15) is 11.1 Å². The van der Waals surface area contributed by atoms with Crippen LogP contribution in [0.4, 0.5) is 11.4 Å². The van der Waals surface area contributed by atoms with Crippen LogP contribution in [0.25, 0.3) is 0 Å². The van der Waals surface area contributed by atoms with E-state index in [9.17, 15) is 8.42 Å². The minimum absolute atomic E-state index is 0.273. The van der Waals surface area contributed by atoms with E-state index in [2.05, 4.69) is 20.7 Å². The molecule has 0 unspecified atom stereocenters. The molecule has 1 heterocycles. The van der Waals surface area contributed by atoms with E-state index in [1.54, 1.807) is 24.3 Å². The molecule has 0 atom stereocenters. The van der Waals surface area contributed by atoms with Gasteiger partial charge in [0.2, 0.25) is 0 Å². The normalized spacial score (nSPS) is 11.5. The van der Waals surface area contributed by atoms with E-state index in [1.807, 2.05) is 13.8 Å². The molecule has 1 aromatic carbocycles. The highest BCUT2D eigenvalue weighted by molar-refractivity contribution is 9.11. The minimum Gasteiger partial charge on any atom is -0.399 e. The summed E-state index contributed by atoms with van der Waals surface area (Å²) in [6.45, 7) is 3.65. The largest absolute Gasteiger partial charge is 0.399 e. The fourth-order valence-corrected chi connectivity index (χ4v) is 5.00. The lowest BCUT2D eigenvalue weighted by atomic mass is 10.1. The number of hydrogen-bond acceptors (Lipinski definition) is 4. The van der Waals surface area contributed by atoms with Gasteiger partial charge < -0.3 is 5.73 Å². The number of benzene rings is 1. The number of aryl methyl sites for hydroxylation is 2. The van der Waals surface area contributed by atoms with Gasteiger partial charge in [0.15, 0.2) is 0 Å². The monoisotopic (exact) mass is 360 g/mol. The van der Waals surface area contributed by atoms with Gasteiger partial charge in [0.25, 0.3) is 10.0 Å². The molecule has 19 heavy (non-hydrogen) atoms. The molecule has 102 valence electrons. The third-order valence-corrected chi connectivity index (χ3v) is 6.07. The van der Waals surface area contributed by atoms with Crippen molar-refractivity contribution in [2.75, 3.05) is 10.5 Å². The average Bonchev–Trinajstić information content (AvgIpc) is 2.71. The number of hydrogen-bond donors (Lipinski definition) is 2. The molecule has 0 aliphatic carbocycles. The lowest BCUT2D eigenvalue weighted by Gasteiger charge is -2.13. The summed E-state index contributed by atoms with van der Waals surface area (Å²) in [5.41, 5.74) is 8.53. The zero-order valence-corrected chi connectivity index (χ0v) is 13.6. The molecule has 0 radical (unpaired) electrons. The summed E-state index contributed by atoms with van der Waals surface area (Å²) in [6.07, 6.45) is 0. The fraction of sp³-hybridized carbons (Fsp3) is 0.167. The Kier molecular flexibility index (Phi) is 3.89. The van der Waals surface area contributed by atoms with Gasteiger partial charge in [-0.15, -0.1) is 11.3 Å². The first-order chi connectivity index (χ1) is 8.79. The second-order valence-electron chi connectivity index (χ2n) is 4.19. The lowest BCUT2D eigenvalue weighted by Crippen LogP contribution is -2.13. The Labute approximate surface area is 124 Å². The van der Waals surface area contributed by atoms with Gasteiger partial charge in [-0.2, -0.15) is 0 Å². The molecule has 0 spiro atoms. The summed E-state index contributed by atoms with van der Waals surface area (Å²) in [6, 6.07) is 6.77. The number of rotatable bonds is 3. The number of nitrogens with one attached hydrogen (secondary N) is 1. The van der Waals surface area contributed by atoms with Gasteiger partial charge >= 0.3 is 0 Å². The second kappa shape index (κ2) is 5.15. The van der Waals surface area contributed by atoms with Crippen LogP contribution in [0.3, 0.4) is 0 Å². The van der Waals surface area contributed by atoms with Crippen LogP contribution in [0.5, 0.6) is 0 Å². The van der Waals surface area contributed by atoms with Crippen LogP contribution in [0.2, 0.25) is 0 Å². The van der Waals surface area contributed by atoms with Crippen LogP contribution >= 0.6 is 27.3 Å². The highest BCUT2D eigenvalue weighted by Gasteiger charge is 2.18. The van der Waals surface area contributed by atoms with Crippen molar-refractivity contribution in [1.29, 1.82) is 0 Å². The molecule has 3 N–H and O–H groups in total. The van der Waals surface area contributed by atoms with Crippen molar-refractivity contribution in [3.05, 3.63) is 39.2 Å². The lowest BCUT2D eigenvalue weighted by molar-refractivity contribution is 0.603. The minimum atomic E-state index is -3.55. The van der Waals surface area contributed by atoms with Gasteiger partial charge in [0.1, 0.15) is 4.21 Å². The Morgan fingerprint density at radius 2 is 1.79 bits per heavy atom. The first kappa shape index (κ1) is 14.4. The first-order valence-corrected chi connectivity index (χ1v) is 8.54. The molecule has 0 amide bonds. The van der Waals surface area contributed by atoms with Crippen molar-refractivity contribution in [2.24, 2.45) is 0 Å². The van der Waals surface area contributed by atoms with Crippen LogP contribution < -0.4 is 10.5 Å². The van der Waals surface area contributed by atoms with Gasteiger partial charge in [0.05, 0.1) is 9.47 Å². The molecule has 7 heteroatoms. The highest BCUT2D eigenvalue weighted by Crippen LogP contribution is 2.30. The first-order valence-electron chi connectivity index (χ1n) is 5.44. The zero-order valence-electron chi connectivity index (χ0n) is 10.4. The number of anilines is 2. The van der Waals surface area contributed by atoms with Gasteiger partial charge in [-0.3, -0.25) is 4.72 Å². The molecular formula is C12H13BrN2O2S2. The summed E-state index contributed by atoms with van der Waals surface area (Å²) >= 11 is 4.43. The summed E-state index contributed by atoms with van der Waals surface area (Å²) in [5, 5.41) is 0. The summed E-state index contributed by atoms with van der Waals surface area (Å²) in [4.78, 5) is 0. The van der Waals surface area contributed by atoms with Crippen molar-refractivity contribution in [1.82, 2.24) is 0 Å². The number of sulfonamides is 1. The molecule has 0 fully saturated rings. The molecule has 2 aromatic rings. The molecule has 0 saturated carbocycles. The maximum atomic E-state index is 12.3. The van der Waals surface area contributed by atoms with Crippen molar-refractivity contribution in [3.63, 3.8) is 0 Å². The average molecular weight is 361 g/mol. The van der Waals surface area contributed by atoms with Crippen molar-refractivity contribution >= 4 is 48.7 Å². The Hall–Kier alpha value is -1.05. The van der Waals surface area contributed by atoms with Gasteiger partial charge in [-0.25, -0.2) is 8.42 Å². The van der Waals surface area contributed by atoms with E-state index in [4.69, 9.17) is 5.73 Å². The Bertz CT molecular complexity index is 700. The van der Waals surface area contributed by atoms with E-state index in [-0.39, 0.29) is 4.21 Å². The number of thiophene rings is 1. The molecule has 1 aromatic heterocycles. The maximum absolute atomic E-state index is 12.3. The van der Waals surface area contributed by atoms with Gasteiger partial charge in [-0.1, -0.05) is 0 Å². The highest BCUT2D eigenvalue weighted by atomic mass is 79.9. The summed E-state index contributed by atoms with van der Waals surface area (Å²) in [7, 11) is -3.55. The Balaban J connectivity index is 2.41. The standard InChI is InChI=1S/C12H13BrN2O2S2/c1-7-5-9(14)6-8(2)12(7)15-19(16,17)11-4-3-10(13)18-11/h3-6,15H,14H2,1-2H3. The SMILES string of the molecule is Cc1cc(N)cc(C)c1NS(=O)(=O)c1ccc(Br)s1. The fourth-order valence-electron chi connectivity index (χ4n) is 1.78. The van der Waals surface area contributed by atoms with E-state index >= 15 is 0 Å². The van der Waals surface area contributed by atoms with E-state index in [1.165, 1.54) is 11.3 Å². The maximum Gasteiger partial charge on any atom is 0.271 e. The Morgan fingerprint density at radius 1 is 1.21 bits per heavy atom.